The number of aryl methyl sites for hydroxylation is 1. The minimum absolute atomic E-state index is 0.00171. The topological polar surface area (TPSA) is 227 Å². The van der Waals surface area contributed by atoms with Crippen LogP contribution in [0.3, 0.4) is 0 Å². The van der Waals surface area contributed by atoms with E-state index in [0.29, 0.717) is 55.5 Å². The zero-order chi connectivity index (χ0) is 61.7. The molecule has 4 amide bonds. The first-order chi connectivity index (χ1) is 41.7. The van der Waals surface area contributed by atoms with Crippen LogP contribution in [0.1, 0.15) is 140 Å². The molecule has 0 radical (unpaired) electrons. The zero-order valence-corrected chi connectivity index (χ0v) is 51.5. The number of carbonyl (C=O) groups excluding carboxylic acids is 4. The lowest BCUT2D eigenvalue weighted by Crippen LogP contribution is -2.57. The van der Waals surface area contributed by atoms with E-state index < -0.39 is 35.2 Å². The number of fused-ring (bicyclic) bond motifs is 4. The molecule has 6 N–H and O–H groups in total. The molecule has 18 nitrogen and oxygen atoms in total. The van der Waals surface area contributed by atoms with Crippen LogP contribution in [-0.2, 0) is 19.2 Å². The van der Waals surface area contributed by atoms with Crippen molar-refractivity contribution in [2.45, 2.75) is 173 Å². The number of anilines is 1. The molecule has 21 heteroatoms. The molecule has 0 saturated carbocycles. The highest BCUT2D eigenvalue weighted by Gasteiger charge is 2.45. The van der Waals surface area contributed by atoms with Crippen molar-refractivity contribution >= 4 is 62.5 Å². The molecule has 2 bridgehead atoms. The third-order valence-corrected chi connectivity index (χ3v) is 18.7. The molecule has 3 aromatic heterocycles. The maximum absolute atomic E-state index is 17.1. The molecule has 10 rings (SSSR count). The molecule has 3 aromatic carbocycles. The highest BCUT2D eigenvalue weighted by Crippen LogP contribution is 2.40. The highest BCUT2D eigenvalue weighted by atomic mass is 32.1. The summed E-state index contributed by atoms with van der Waals surface area (Å²) in [5.41, 5.74) is 3.96. The number of piperazine rings is 1. The van der Waals surface area contributed by atoms with Crippen LogP contribution in [0.4, 0.5) is 14.6 Å². The lowest BCUT2D eigenvalue weighted by molar-refractivity contribution is -0.144. The summed E-state index contributed by atoms with van der Waals surface area (Å²) in [5, 5.41) is 35.3. The fraction of sp³-hybridized carbons (Fsp3) is 0.515. The SMILES string of the molecule is C#Cc1c(F)ccc2cc(O)cc(-c3ncc4c(N5CC6CCC(C5)N6)nc(OCC5C[C@@H](NC(=O)CCCCCCCCCCC(=O)N[C@H](C(=O)N6C[C@H](O)C[C@H]6C(=O)N[C@@H](C)c6ccc(-c7scnc7C)cc6)C(C)(C)C)CN5C)nc4c3F)c12. The summed E-state index contributed by atoms with van der Waals surface area (Å²) in [7, 11) is 1.98. The number of aromatic nitrogens is 4. The van der Waals surface area contributed by atoms with Crippen LogP contribution >= 0.6 is 11.3 Å². The van der Waals surface area contributed by atoms with Crippen molar-refractivity contribution in [2.24, 2.45) is 5.41 Å². The second-order valence-electron chi connectivity index (χ2n) is 25.3. The van der Waals surface area contributed by atoms with Crippen LogP contribution in [0.5, 0.6) is 11.8 Å². The van der Waals surface area contributed by atoms with Gasteiger partial charge in [-0.1, -0.05) is 95.5 Å². The van der Waals surface area contributed by atoms with Gasteiger partial charge in [0.15, 0.2) is 5.82 Å². The number of likely N-dealkylation sites (tertiary alicyclic amines) is 2. The number of aliphatic hydroxyl groups is 1. The first kappa shape index (κ1) is 62.7. The summed E-state index contributed by atoms with van der Waals surface area (Å²) in [6.07, 6.45) is 17.1. The summed E-state index contributed by atoms with van der Waals surface area (Å²) >= 11 is 1.58. The molecular weight excluding hydrogens is 1130 g/mol. The Hall–Kier alpha value is -7.38. The molecule has 3 unspecified atom stereocenters. The van der Waals surface area contributed by atoms with Gasteiger partial charge in [-0.25, -0.2) is 13.8 Å². The Morgan fingerprint density at radius 2 is 1.57 bits per heavy atom. The number of halogens is 2. The minimum atomic E-state index is -0.888. The number of hydrogen-bond donors (Lipinski definition) is 6. The Morgan fingerprint density at radius 1 is 0.885 bits per heavy atom. The van der Waals surface area contributed by atoms with Crippen molar-refractivity contribution in [3.8, 4) is 45.8 Å². The Bertz CT molecular complexity index is 3520. The number of β-amino-alcohol motifs (C(OH)–C–C–N with tert-alkyl or cyclic N) is 1. The van der Waals surface area contributed by atoms with Gasteiger partial charge in [-0.05, 0) is 93.1 Å². The molecule has 4 aliphatic rings. The number of rotatable bonds is 23. The summed E-state index contributed by atoms with van der Waals surface area (Å²) in [4.78, 5) is 79.6. The summed E-state index contributed by atoms with van der Waals surface area (Å²) < 4.78 is 38.5. The first-order valence-electron chi connectivity index (χ1n) is 30.7. The molecule has 4 aliphatic heterocycles. The van der Waals surface area contributed by atoms with Gasteiger partial charge in [-0.2, -0.15) is 9.97 Å². The minimum Gasteiger partial charge on any atom is -0.508 e. The van der Waals surface area contributed by atoms with Crippen molar-refractivity contribution in [3.05, 3.63) is 88.7 Å². The van der Waals surface area contributed by atoms with Crippen LogP contribution in [-0.4, -0.2) is 146 Å². The smallest absolute Gasteiger partial charge is 0.319 e. The summed E-state index contributed by atoms with van der Waals surface area (Å²) in [6, 6.07) is 11.6. The Labute approximate surface area is 511 Å². The number of amides is 4. The number of aliphatic hydroxyl groups excluding tert-OH is 1. The van der Waals surface area contributed by atoms with Gasteiger partial charge in [0, 0.05) is 86.8 Å². The third kappa shape index (κ3) is 14.6. The maximum atomic E-state index is 17.1. The Balaban J connectivity index is 0.642. The van der Waals surface area contributed by atoms with Crippen LogP contribution in [0.15, 0.2) is 60.2 Å². The lowest BCUT2D eigenvalue weighted by Gasteiger charge is -2.35. The monoisotopic (exact) mass is 1210 g/mol. The van der Waals surface area contributed by atoms with Gasteiger partial charge in [0.25, 0.3) is 0 Å². The van der Waals surface area contributed by atoms with E-state index in [-0.39, 0.29) is 119 Å². The quantitative estimate of drug-likeness (QED) is 0.0260. The number of carbonyl (C=O) groups is 4. The van der Waals surface area contributed by atoms with Crippen LogP contribution < -0.4 is 30.9 Å². The maximum Gasteiger partial charge on any atom is 0.319 e. The first-order valence-corrected chi connectivity index (χ1v) is 31.6. The van der Waals surface area contributed by atoms with Gasteiger partial charge >= 0.3 is 6.01 Å². The van der Waals surface area contributed by atoms with E-state index in [0.717, 1.165) is 79.5 Å². The predicted molar refractivity (Wildman–Crippen MR) is 333 cm³/mol. The number of phenols is 1. The summed E-state index contributed by atoms with van der Waals surface area (Å²) in [6.45, 7) is 11.6. The number of thiazole rings is 1. The van der Waals surface area contributed by atoms with Gasteiger partial charge < -0.3 is 46.0 Å². The number of pyridine rings is 1. The van der Waals surface area contributed by atoms with Crippen molar-refractivity contribution in [1.82, 2.24) is 51.0 Å². The molecule has 87 heavy (non-hydrogen) atoms. The number of phenolic OH excluding ortho intramolecular Hbond substituents is 1. The number of ether oxygens (including phenoxy) is 1. The molecule has 4 fully saturated rings. The van der Waals surface area contributed by atoms with E-state index in [4.69, 9.17) is 16.1 Å². The third-order valence-electron chi connectivity index (χ3n) is 17.7. The molecule has 6 aromatic rings. The molecule has 462 valence electrons. The van der Waals surface area contributed by atoms with E-state index in [1.54, 1.807) is 11.3 Å². The number of hydrogen-bond acceptors (Lipinski definition) is 15. The van der Waals surface area contributed by atoms with Gasteiger partial charge in [-0.15, -0.1) is 17.8 Å². The molecular formula is C66H81F2N11O7S. The van der Waals surface area contributed by atoms with Gasteiger partial charge in [0.1, 0.15) is 47.3 Å². The lowest BCUT2D eigenvalue weighted by atomic mass is 9.85. The Kier molecular flexibility index (Phi) is 19.7. The van der Waals surface area contributed by atoms with E-state index in [1.165, 1.54) is 35.4 Å². The normalized spacial score (nSPS) is 21.1. The number of aromatic hydroxyl groups is 1. The largest absolute Gasteiger partial charge is 0.508 e. The van der Waals surface area contributed by atoms with Gasteiger partial charge in [0.05, 0.1) is 39.2 Å². The van der Waals surface area contributed by atoms with Crippen LogP contribution in [0.25, 0.3) is 43.4 Å². The fourth-order valence-electron chi connectivity index (χ4n) is 13.0. The van der Waals surface area contributed by atoms with E-state index in [9.17, 15) is 29.4 Å². The number of terminal acetylenes is 1. The van der Waals surface area contributed by atoms with E-state index in [1.807, 2.05) is 71.4 Å². The fourth-order valence-corrected chi connectivity index (χ4v) is 13.8. The van der Waals surface area contributed by atoms with Gasteiger partial charge in [0.2, 0.25) is 23.6 Å². The second-order valence-corrected chi connectivity index (χ2v) is 26.2. The number of benzene rings is 3. The number of nitrogens with zero attached hydrogens (tertiary/aromatic N) is 7. The molecule has 0 spiro atoms. The second kappa shape index (κ2) is 27.3. The molecule has 4 saturated heterocycles. The van der Waals surface area contributed by atoms with E-state index >= 15 is 8.78 Å². The average Bonchev–Trinajstić information content (AvgIpc) is 1.37. The molecule has 0 aliphatic carbocycles. The molecule has 7 heterocycles. The summed E-state index contributed by atoms with van der Waals surface area (Å²) in [5.74, 6) is 0.325. The number of unbranched alkanes of at least 4 members (excludes halogenated alkanes) is 7. The highest BCUT2D eigenvalue weighted by molar-refractivity contribution is 7.13. The number of likely N-dealkylation sites (N-methyl/N-ethyl adjacent to an activating group) is 1. The number of nitrogens with one attached hydrogen (secondary N) is 4. The van der Waals surface area contributed by atoms with E-state index in [2.05, 4.69) is 51.9 Å². The van der Waals surface area contributed by atoms with Crippen molar-refractivity contribution < 1.29 is 42.9 Å². The predicted octanol–water partition coefficient (Wildman–Crippen LogP) is 9.02. The van der Waals surface area contributed by atoms with Crippen LogP contribution in [0, 0.1) is 36.3 Å². The Morgan fingerprint density at radius 3 is 2.24 bits per heavy atom. The van der Waals surface area contributed by atoms with Crippen molar-refractivity contribution in [1.29, 1.82) is 0 Å². The molecule has 8 atom stereocenters. The van der Waals surface area contributed by atoms with Gasteiger partial charge in [-0.3, -0.25) is 29.1 Å². The average molecular weight is 1210 g/mol. The van der Waals surface area contributed by atoms with Crippen LogP contribution in [0.2, 0.25) is 0 Å². The zero-order valence-electron chi connectivity index (χ0n) is 50.6. The standard InChI is InChI=1S/C66H81F2N11O7S/c1-8-49-52(67)26-23-42-27-47(80)29-50(56(42)49)58-57(68)59-51(31-69-58)62(78-33-43-24-25-44(34-78)72-43)76-65(75-59)86-36-46-28-45(32-77(46)7)73-54(82)17-15-13-11-9-10-12-14-16-18-55(83)74-61(66(4,5)6)64(85)79-35-48(81)30-53(79)63(84)71-38(2)40-19-21-41(22-20-40)60-39(3)70-37-87-60/h1,19-23,26-27,29,31,37-38,43-46,48,53,61,72,80-81H,9-18,24-25,28,30,32-36H2,2-7H3,(H,71,84)(H,73,82)(H,74,83)/t38-,43?,44?,45+,46?,48+,53-,61+/m0/s1. The van der Waals surface area contributed by atoms with Crippen molar-refractivity contribution in [3.63, 3.8) is 0 Å². The van der Waals surface area contributed by atoms with Crippen molar-refractivity contribution in [2.75, 3.05) is 44.7 Å².